The van der Waals surface area contributed by atoms with Crippen LogP contribution in [-0.2, 0) is 12.7 Å². The van der Waals surface area contributed by atoms with Gasteiger partial charge >= 0.3 is 6.18 Å². The minimum absolute atomic E-state index is 0. The molecule has 0 saturated heterocycles. The Morgan fingerprint density at radius 3 is 2.55 bits per heavy atom. The van der Waals surface area contributed by atoms with Crippen LogP contribution >= 0.6 is 0 Å². The standard InChI is InChI=1S/C14H11F3N3O.U/c15-14(16,17)11-6-2-1-4-9(11)8-20-7-3-5-10(12(20)18)13(19)21;/h1-2,4-7,18H,8H2,(H2,19,21);/q-1;. The Morgan fingerprint density at radius 2 is 1.95 bits per heavy atom. The minimum atomic E-state index is -4.48. The first-order valence-corrected chi connectivity index (χ1v) is 5.90. The molecule has 0 aliphatic rings. The van der Waals surface area contributed by atoms with E-state index in [0.29, 0.717) is 0 Å². The number of hydrogen-bond donors (Lipinski definition) is 2. The third-order valence-corrected chi connectivity index (χ3v) is 2.93. The van der Waals surface area contributed by atoms with Crippen LogP contribution in [0.2, 0.25) is 0 Å². The van der Waals surface area contributed by atoms with Crippen LogP contribution in [0.25, 0.3) is 0 Å². The van der Waals surface area contributed by atoms with Gasteiger partial charge in [0.1, 0.15) is 0 Å². The van der Waals surface area contributed by atoms with Crippen molar-refractivity contribution in [2.45, 2.75) is 12.7 Å². The zero-order chi connectivity index (χ0) is 15.6. The van der Waals surface area contributed by atoms with E-state index in [9.17, 15) is 18.0 Å². The fourth-order valence-electron chi connectivity index (χ4n) is 1.93. The number of nitrogens with one attached hydrogen (secondary N) is 1. The van der Waals surface area contributed by atoms with Gasteiger partial charge in [-0.1, -0.05) is 30.0 Å². The van der Waals surface area contributed by atoms with Crippen LogP contribution < -0.4 is 11.2 Å². The summed E-state index contributed by atoms with van der Waals surface area (Å²) in [5, 5.41) is 7.81. The van der Waals surface area contributed by atoms with Gasteiger partial charge in [-0.25, -0.2) is 12.1 Å². The summed E-state index contributed by atoms with van der Waals surface area (Å²) in [6.07, 6.45) is -3.17. The second kappa shape index (κ2) is 7.16. The number of rotatable bonds is 3. The first-order chi connectivity index (χ1) is 9.80. The zero-order valence-electron chi connectivity index (χ0n) is 11.2. The number of primary amides is 1. The number of aromatic nitrogens is 1. The number of nitrogens with zero attached hydrogens (tertiary/aromatic N) is 1. The Balaban J connectivity index is 0.00000242. The van der Waals surface area contributed by atoms with Gasteiger partial charge in [-0.2, -0.15) is 13.2 Å². The van der Waals surface area contributed by atoms with Gasteiger partial charge in [0.15, 0.2) is 5.91 Å². The molecule has 0 aliphatic carbocycles. The van der Waals surface area contributed by atoms with Crippen molar-refractivity contribution in [2.24, 2.45) is 5.73 Å². The van der Waals surface area contributed by atoms with Crippen molar-refractivity contribution in [1.29, 1.82) is 5.41 Å². The van der Waals surface area contributed by atoms with E-state index in [-0.39, 0.29) is 54.3 Å². The molecule has 1 aromatic carbocycles. The van der Waals surface area contributed by atoms with Crippen molar-refractivity contribution in [3.05, 3.63) is 64.8 Å². The number of benzene rings is 1. The summed E-state index contributed by atoms with van der Waals surface area (Å²) in [6.45, 7) is -0.202. The molecular formula is C14H11F3N3OU-. The topological polar surface area (TPSA) is 71.9 Å². The SMILES string of the molecule is N=c1c(C(N)=O)c[c-]cn1Cc1ccccc1C(F)(F)F.[U]. The largest absolute Gasteiger partial charge is 0.416 e. The summed E-state index contributed by atoms with van der Waals surface area (Å²) >= 11 is 0. The van der Waals surface area contributed by atoms with E-state index in [1.807, 2.05) is 0 Å². The summed E-state index contributed by atoms with van der Waals surface area (Å²) in [5.41, 5.74) is 3.98. The van der Waals surface area contributed by atoms with Crippen LogP contribution in [0.5, 0.6) is 0 Å². The van der Waals surface area contributed by atoms with Gasteiger partial charge in [0, 0.05) is 37.7 Å². The molecule has 4 nitrogen and oxygen atoms in total. The predicted molar refractivity (Wildman–Crippen MR) is 68.2 cm³/mol. The third-order valence-electron chi connectivity index (χ3n) is 2.93. The molecule has 0 fully saturated rings. The smallest absolute Gasteiger partial charge is 0.381 e. The Labute approximate surface area is 148 Å². The van der Waals surface area contributed by atoms with Crippen LogP contribution in [0.4, 0.5) is 13.2 Å². The molecule has 0 saturated carbocycles. The molecule has 2 aromatic rings. The van der Waals surface area contributed by atoms with Crippen molar-refractivity contribution in [3.8, 4) is 0 Å². The third kappa shape index (κ3) is 4.02. The summed E-state index contributed by atoms with van der Waals surface area (Å²) < 4.78 is 39.9. The average Bonchev–Trinajstić information content (AvgIpc) is 2.40. The summed E-state index contributed by atoms with van der Waals surface area (Å²) in [5.74, 6) is -0.824. The first-order valence-electron chi connectivity index (χ1n) is 5.90. The quantitative estimate of drug-likeness (QED) is 0.584. The number of hydrogen-bond acceptors (Lipinski definition) is 2. The number of halogens is 3. The Kier molecular flexibility index (Phi) is 6.03. The normalized spacial score (nSPS) is 10.9. The molecule has 8 heteroatoms. The number of alkyl halides is 3. The molecule has 0 radical (unpaired) electrons. The van der Waals surface area contributed by atoms with E-state index in [0.717, 1.165) is 6.07 Å². The number of carbonyl (C=O) groups excluding carboxylic acids is 1. The summed E-state index contributed by atoms with van der Waals surface area (Å²) in [7, 11) is 0. The molecule has 2 rings (SSSR count). The van der Waals surface area contributed by atoms with Crippen molar-refractivity contribution in [1.82, 2.24) is 4.57 Å². The molecule has 1 aromatic heterocycles. The molecule has 0 aliphatic heterocycles. The average molecular weight is 532 g/mol. The molecule has 0 spiro atoms. The molecular weight excluding hydrogens is 521 g/mol. The Bertz CT molecular complexity index is 741. The van der Waals surface area contributed by atoms with Gasteiger partial charge in [-0.15, -0.1) is 0 Å². The number of nitrogens with two attached hydrogens (primary N) is 1. The molecule has 0 unspecified atom stereocenters. The van der Waals surface area contributed by atoms with Gasteiger partial charge in [0.2, 0.25) is 0 Å². The van der Waals surface area contributed by atoms with Gasteiger partial charge < -0.3 is 15.7 Å². The predicted octanol–water partition coefficient (Wildman–Crippen LogP) is 1.93. The molecule has 0 bridgehead atoms. The van der Waals surface area contributed by atoms with Crippen LogP contribution in [0, 0.1) is 42.6 Å². The van der Waals surface area contributed by atoms with Gasteiger partial charge in [0.25, 0.3) is 0 Å². The fraction of sp³-hybridized carbons (Fsp3) is 0.143. The number of carbonyl (C=O) groups is 1. The van der Waals surface area contributed by atoms with E-state index in [1.165, 1.54) is 35.0 Å². The van der Waals surface area contributed by atoms with E-state index in [4.69, 9.17) is 11.1 Å². The van der Waals surface area contributed by atoms with Crippen LogP contribution in [0.3, 0.4) is 0 Å². The van der Waals surface area contributed by atoms with E-state index >= 15 is 0 Å². The van der Waals surface area contributed by atoms with Crippen molar-refractivity contribution in [2.75, 3.05) is 0 Å². The van der Waals surface area contributed by atoms with E-state index < -0.39 is 17.6 Å². The van der Waals surface area contributed by atoms with E-state index in [1.54, 1.807) is 0 Å². The van der Waals surface area contributed by atoms with Crippen LogP contribution in [-0.4, -0.2) is 10.5 Å². The fourth-order valence-corrected chi connectivity index (χ4v) is 1.93. The molecule has 0 atom stereocenters. The molecule has 1 amide bonds. The van der Waals surface area contributed by atoms with E-state index in [2.05, 4.69) is 6.07 Å². The molecule has 3 N–H and O–H groups in total. The van der Waals surface area contributed by atoms with Crippen molar-refractivity contribution in [3.63, 3.8) is 0 Å². The first kappa shape index (κ1) is 18.5. The van der Waals surface area contributed by atoms with Gasteiger partial charge in [-0.05, 0) is 11.6 Å². The zero-order valence-corrected chi connectivity index (χ0v) is 15.4. The molecule has 22 heavy (non-hydrogen) atoms. The molecule has 1 heterocycles. The van der Waals surface area contributed by atoms with Crippen LogP contribution in [0.15, 0.2) is 36.5 Å². The maximum Gasteiger partial charge on any atom is 0.416 e. The maximum absolute atomic E-state index is 12.9. The Morgan fingerprint density at radius 1 is 1.32 bits per heavy atom. The number of pyridine rings is 1. The van der Waals surface area contributed by atoms with Crippen molar-refractivity contribution < 1.29 is 49.1 Å². The van der Waals surface area contributed by atoms with Gasteiger partial charge in [0.05, 0.1) is 11.1 Å². The second-order valence-corrected chi connectivity index (χ2v) is 4.35. The molecule has 114 valence electrons. The van der Waals surface area contributed by atoms with Gasteiger partial charge in [-0.3, -0.25) is 4.79 Å². The number of amides is 1. The van der Waals surface area contributed by atoms with Crippen LogP contribution in [0.1, 0.15) is 21.5 Å². The summed E-state index contributed by atoms with van der Waals surface area (Å²) in [4.78, 5) is 11.1. The minimum Gasteiger partial charge on any atom is -0.381 e. The van der Waals surface area contributed by atoms with Crippen molar-refractivity contribution >= 4 is 5.91 Å². The Hall–Kier alpha value is -1.52. The summed E-state index contributed by atoms with van der Waals surface area (Å²) in [6, 6.07) is 8.90. The maximum atomic E-state index is 12.9. The monoisotopic (exact) mass is 532 g/mol. The second-order valence-electron chi connectivity index (χ2n) is 4.35.